The van der Waals surface area contributed by atoms with E-state index in [-0.39, 0.29) is 24.5 Å². The number of alkyl halides is 7. The van der Waals surface area contributed by atoms with Crippen LogP contribution in [0.1, 0.15) is 6.42 Å². The third kappa shape index (κ3) is 4.74. The number of methoxy groups -OCH3 is 1. The number of halogens is 7. The summed E-state index contributed by atoms with van der Waals surface area (Å²) in [6.07, 6.45) is -16.9. The molecule has 0 spiro atoms. The molecule has 0 amide bonds. The van der Waals surface area contributed by atoms with Crippen molar-refractivity contribution in [3.8, 4) is 0 Å². The van der Waals surface area contributed by atoms with E-state index in [2.05, 4.69) is 25.4 Å². The van der Waals surface area contributed by atoms with Crippen molar-refractivity contribution in [3.63, 3.8) is 0 Å². The molecule has 0 aromatic carbocycles. The van der Waals surface area contributed by atoms with Gasteiger partial charge in [0.25, 0.3) is 0 Å². The maximum absolute atomic E-state index is 12.4. The fraction of sp³-hybridized carbons (Fsp3) is 1.00. The molecular weight excluding hydrogens is 362 g/mol. The molecule has 3 atom stereocenters. The van der Waals surface area contributed by atoms with Crippen molar-refractivity contribution in [3.05, 3.63) is 0 Å². The zero-order valence-electron chi connectivity index (χ0n) is 10.3. The molecule has 0 aromatic heterocycles. The molecule has 3 unspecified atom stereocenters. The molecule has 1 rings (SSSR count). The molecule has 1 fully saturated rings. The van der Waals surface area contributed by atoms with Gasteiger partial charge < -0.3 is 14.2 Å². The Morgan fingerprint density at radius 2 is 1.65 bits per heavy atom. The quantitative estimate of drug-likeness (QED) is 0.406. The predicted molar refractivity (Wildman–Crippen MR) is 59.7 cm³/mol. The highest BCUT2D eigenvalue weighted by atomic mass is 79.9. The van der Waals surface area contributed by atoms with Crippen molar-refractivity contribution in [2.75, 3.05) is 20.3 Å². The normalized spacial score (nSPS) is 27.8. The van der Waals surface area contributed by atoms with Gasteiger partial charge in [0, 0.05) is 11.9 Å². The Morgan fingerprint density at radius 3 is 2.05 bits per heavy atom. The van der Waals surface area contributed by atoms with Gasteiger partial charge in [0.2, 0.25) is 6.10 Å². The first-order chi connectivity index (χ1) is 9.07. The third-order valence-electron chi connectivity index (χ3n) is 2.68. The lowest BCUT2D eigenvalue weighted by Crippen LogP contribution is -2.56. The van der Waals surface area contributed by atoms with Crippen LogP contribution in [0.15, 0.2) is 0 Å². The SMILES string of the molecule is COCCOC1C(Br)CC1OC(C(F)(F)F)C(F)(F)F. The topological polar surface area (TPSA) is 27.7 Å². The van der Waals surface area contributed by atoms with E-state index in [4.69, 9.17) is 4.74 Å². The summed E-state index contributed by atoms with van der Waals surface area (Å²) in [4.78, 5) is -0.341. The molecule has 20 heavy (non-hydrogen) atoms. The number of hydrogen-bond acceptors (Lipinski definition) is 3. The van der Waals surface area contributed by atoms with Crippen molar-refractivity contribution < 1.29 is 40.6 Å². The fourth-order valence-electron chi connectivity index (χ4n) is 1.65. The van der Waals surface area contributed by atoms with Crippen LogP contribution in [0, 0.1) is 0 Å². The lowest BCUT2D eigenvalue weighted by Gasteiger charge is -2.42. The van der Waals surface area contributed by atoms with Crippen molar-refractivity contribution in [2.24, 2.45) is 0 Å². The number of rotatable bonds is 6. The molecule has 0 aliphatic heterocycles. The van der Waals surface area contributed by atoms with Gasteiger partial charge in [-0.3, -0.25) is 0 Å². The van der Waals surface area contributed by atoms with Gasteiger partial charge >= 0.3 is 12.4 Å². The third-order valence-corrected chi connectivity index (χ3v) is 3.58. The van der Waals surface area contributed by atoms with Gasteiger partial charge in [0.1, 0.15) is 0 Å². The molecule has 1 aliphatic carbocycles. The Balaban J connectivity index is 2.60. The maximum atomic E-state index is 12.4. The minimum atomic E-state index is -5.51. The molecule has 120 valence electrons. The summed E-state index contributed by atoms with van der Waals surface area (Å²) in [5.74, 6) is 0. The zero-order chi connectivity index (χ0) is 15.6. The minimum absolute atomic E-state index is 0.0142. The van der Waals surface area contributed by atoms with Gasteiger partial charge in [0.15, 0.2) is 0 Å². The van der Waals surface area contributed by atoms with Crippen LogP contribution in [0.25, 0.3) is 0 Å². The molecular formula is C10H13BrF6O3. The molecule has 0 heterocycles. The van der Waals surface area contributed by atoms with Crippen LogP contribution in [0.5, 0.6) is 0 Å². The predicted octanol–water partition coefficient (Wildman–Crippen LogP) is 3.06. The van der Waals surface area contributed by atoms with Crippen LogP contribution in [0.4, 0.5) is 26.3 Å². The lowest BCUT2D eigenvalue weighted by molar-refractivity contribution is -0.342. The maximum Gasteiger partial charge on any atom is 0.423 e. The summed E-state index contributed by atoms with van der Waals surface area (Å²) in [7, 11) is 1.40. The first-order valence-electron chi connectivity index (χ1n) is 5.61. The van der Waals surface area contributed by atoms with E-state index >= 15 is 0 Å². The van der Waals surface area contributed by atoms with E-state index in [1.54, 1.807) is 0 Å². The molecule has 0 radical (unpaired) electrons. The van der Waals surface area contributed by atoms with E-state index < -0.39 is 30.7 Å². The fourth-order valence-corrected chi connectivity index (χ4v) is 2.52. The summed E-state index contributed by atoms with van der Waals surface area (Å²) in [5, 5.41) is 0. The Bertz CT molecular complexity index is 294. The molecule has 1 aliphatic rings. The summed E-state index contributed by atoms with van der Waals surface area (Å²) >= 11 is 3.10. The first-order valence-corrected chi connectivity index (χ1v) is 6.52. The van der Waals surface area contributed by atoms with Gasteiger partial charge in [-0.15, -0.1) is 0 Å². The summed E-state index contributed by atoms with van der Waals surface area (Å²) in [6.45, 7) is 0.247. The van der Waals surface area contributed by atoms with E-state index in [0.29, 0.717) is 0 Å². The van der Waals surface area contributed by atoms with Gasteiger partial charge in [-0.2, -0.15) is 26.3 Å². The molecule has 0 saturated heterocycles. The van der Waals surface area contributed by atoms with E-state index in [0.717, 1.165) is 0 Å². The first kappa shape index (κ1) is 18.0. The monoisotopic (exact) mass is 374 g/mol. The highest BCUT2D eigenvalue weighted by Gasteiger charge is 2.60. The Hall–Kier alpha value is -0.0600. The average Bonchev–Trinajstić information content (AvgIpc) is 2.26. The smallest absolute Gasteiger partial charge is 0.382 e. The molecule has 10 heteroatoms. The van der Waals surface area contributed by atoms with E-state index in [1.807, 2.05) is 0 Å². The molecule has 0 N–H and O–H groups in total. The van der Waals surface area contributed by atoms with Crippen LogP contribution in [0.2, 0.25) is 0 Å². The Morgan fingerprint density at radius 1 is 1.10 bits per heavy atom. The van der Waals surface area contributed by atoms with Gasteiger partial charge in [-0.25, -0.2) is 0 Å². The summed E-state index contributed by atoms with van der Waals surface area (Å²) < 4.78 is 88.1. The Kier molecular flexibility index (Phi) is 6.12. The van der Waals surface area contributed by atoms with Gasteiger partial charge in [-0.1, -0.05) is 15.9 Å². The van der Waals surface area contributed by atoms with Crippen LogP contribution >= 0.6 is 15.9 Å². The van der Waals surface area contributed by atoms with E-state index in [1.165, 1.54) is 7.11 Å². The van der Waals surface area contributed by atoms with Crippen LogP contribution < -0.4 is 0 Å². The zero-order valence-corrected chi connectivity index (χ0v) is 11.9. The highest BCUT2D eigenvalue weighted by molar-refractivity contribution is 9.09. The average molecular weight is 375 g/mol. The summed E-state index contributed by atoms with van der Waals surface area (Å²) in [5.41, 5.74) is 0. The number of ether oxygens (including phenoxy) is 3. The largest absolute Gasteiger partial charge is 0.423 e. The lowest BCUT2D eigenvalue weighted by atomic mass is 9.91. The molecule has 0 aromatic rings. The second kappa shape index (κ2) is 6.80. The molecule has 3 nitrogen and oxygen atoms in total. The van der Waals surface area contributed by atoms with Gasteiger partial charge in [0.05, 0.1) is 25.4 Å². The van der Waals surface area contributed by atoms with Crippen molar-refractivity contribution in [2.45, 2.75) is 41.9 Å². The van der Waals surface area contributed by atoms with Crippen molar-refractivity contribution >= 4 is 15.9 Å². The van der Waals surface area contributed by atoms with Crippen molar-refractivity contribution in [1.29, 1.82) is 0 Å². The number of hydrogen-bond donors (Lipinski definition) is 0. The highest BCUT2D eigenvalue weighted by Crippen LogP contribution is 2.41. The van der Waals surface area contributed by atoms with E-state index in [9.17, 15) is 26.3 Å². The molecule has 1 saturated carbocycles. The van der Waals surface area contributed by atoms with Crippen molar-refractivity contribution in [1.82, 2.24) is 0 Å². The second-order valence-electron chi connectivity index (χ2n) is 4.22. The Labute approximate surface area is 119 Å². The molecule has 0 bridgehead atoms. The standard InChI is InChI=1S/C10H13BrF6O3/c1-18-2-3-19-7-5(11)4-6(7)20-8(9(12,13)14)10(15,16)17/h5-8H,2-4H2,1H3. The van der Waals surface area contributed by atoms with Crippen LogP contribution in [-0.4, -0.2) is 55.8 Å². The van der Waals surface area contributed by atoms with Crippen LogP contribution in [-0.2, 0) is 14.2 Å². The van der Waals surface area contributed by atoms with Crippen LogP contribution in [0.3, 0.4) is 0 Å². The van der Waals surface area contributed by atoms with Gasteiger partial charge in [-0.05, 0) is 6.42 Å². The second-order valence-corrected chi connectivity index (χ2v) is 5.39. The minimum Gasteiger partial charge on any atom is -0.382 e. The summed E-state index contributed by atoms with van der Waals surface area (Å²) in [6, 6.07) is 0.